The first-order valence-electron chi connectivity index (χ1n) is 10.5. The molecule has 30 heavy (non-hydrogen) atoms. The Morgan fingerprint density at radius 1 is 0.267 bits per heavy atom. The van der Waals surface area contributed by atoms with Gasteiger partial charge >= 0.3 is 0 Å². The van der Waals surface area contributed by atoms with Crippen LogP contribution in [0.4, 0.5) is 0 Å². The first kappa shape index (κ1) is 16.0. The van der Waals surface area contributed by atoms with Crippen molar-refractivity contribution in [3.63, 3.8) is 0 Å². The van der Waals surface area contributed by atoms with E-state index in [0.29, 0.717) is 0 Å². The highest BCUT2D eigenvalue weighted by Crippen LogP contribution is 2.41. The molecule has 0 saturated heterocycles. The van der Waals surface area contributed by atoms with Crippen LogP contribution in [0.2, 0.25) is 0 Å². The average molecular weight is 378 g/mol. The summed E-state index contributed by atoms with van der Waals surface area (Å²) in [5, 5.41) is 15.9. The van der Waals surface area contributed by atoms with Crippen LogP contribution in [0.5, 0.6) is 0 Å². The van der Waals surface area contributed by atoms with Crippen molar-refractivity contribution in [2.45, 2.75) is 0 Å². The Morgan fingerprint density at radius 2 is 0.800 bits per heavy atom. The molecule has 0 aliphatic carbocycles. The highest BCUT2D eigenvalue weighted by Gasteiger charge is 2.12. The van der Waals surface area contributed by atoms with E-state index in [2.05, 4.69) is 109 Å². The normalized spacial score (nSPS) is 12.0. The van der Waals surface area contributed by atoms with Gasteiger partial charge in [-0.15, -0.1) is 0 Å². The number of rotatable bonds is 0. The lowest BCUT2D eigenvalue weighted by atomic mass is 9.89. The lowest BCUT2D eigenvalue weighted by Crippen LogP contribution is -1.86. The van der Waals surface area contributed by atoms with E-state index >= 15 is 0 Å². The van der Waals surface area contributed by atoms with Crippen LogP contribution in [0.3, 0.4) is 0 Å². The van der Waals surface area contributed by atoms with Gasteiger partial charge < -0.3 is 0 Å². The Bertz CT molecular complexity index is 1790. The molecule has 7 aromatic carbocycles. The summed E-state index contributed by atoms with van der Waals surface area (Å²) in [6.07, 6.45) is 0. The SMILES string of the molecule is c1ccc2c(c1)ccc1cc3c(cc12)c1ccccc1c1c2ccccc2ccc31. The van der Waals surface area contributed by atoms with E-state index in [9.17, 15) is 0 Å². The fraction of sp³-hybridized carbons (Fsp3) is 0. The number of hydrogen-bond acceptors (Lipinski definition) is 0. The number of hydrogen-bond donors (Lipinski definition) is 0. The Labute approximate surface area is 174 Å². The van der Waals surface area contributed by atoms with Crippen LogP contribution in [0.25, 0.3) is 64.6 Å². The lowest BCUT2D eigenvalue weighted by molar-refractivity contribution is 1.78. The molecule has 0 spiro atoms. The van der Waals surface area contributed by atoms with Crippen LogP contribution < -0.4 is 0 Å². The van der Waals surface area contributed by atoms with Crippen LogP contribution in [0.1, 0.15) is 0 Å². The maximum Gasteiger partial charge on any atom is -0.00204 e. The predicted octanol–water partition coefficient (Wildman–Crippen LogP) is 8.61. The molecule has 0 fully saturated rings. The van der Waals surface area contributed by atoms with Gasteiger partial charge in [-0.25, -0.2) is 0 Å². The summed E-state index contributed by atoms with van der Waals surface area (Å²) in [7, 11) is 0. The van der Waals surface area contributed by atoms with Crippen LogP contribution in [0, 0.1) is 0 Å². The van der Waals surface area contributed by atoms with Crippen LogP contribution in [0.15, 0.2) is 109 Å². The summed E-state index contributed by atoms with van der Waals surface area (Å²) in [5.74, 6) is 0. The van der Waals surface area contributed by atoms with Gasteiger partial charge in [-0.1, -0.05) is 97.1 Å². The first-order chi connectivity index (χ1) is 14.9. The molecule has 0 amide bonds. The molecule has 0 radical (unpaired) electrons. The molecule has 0 aliphatic heterocycles. The molecule has 0 heteroatoms. The van der Waals surface area contributed by atoms with Crippen molar-refractivity contribution >= 4 is 64.6 Å². The highest BCUT2D eigenvalue weighted by atomic mass is 14.2. The van der Waals surface area contributed by atoms with Gasteiger partial charge in [0.25, 0.3) is 0 Å². The van der Waals surface area contributed by atoms with E-state index in [1.807, 2.05) is 0 Å². The molecule has 138 valence electrons. The van der Waals surface area contributed by atoms with E-state index in [1.54, 1.807) is 0 Å². The fourth-order valence-corrected chi connectivity index (χ4v) is 5.22. The van der Waals surface area contributed by atoms with Crippen molar-refractivity contribution in [1.29, 1.82) is 0 Å². The molecule has 0 N–H and O–H groups in total. The first-order valence-corrected chi connectivity index (χ1v) is 10.5. The smallest absolute Gasteiger partial charge is 0.00204 e. The van der Waals surface area contributed by atoms with Crippen molar-refractivity contribution in [1.82, 2.24) is 0 Å². The summed E-state index contributed by atoms with van der Waals surface area (Å²) < 4.78 is 0. The van der Waals surface area contributed by atoms with Crippen LogP contribution in [-0.2, 0) is 0 Å². The number of fused-ring (bicyclic) bond motifs is 11. The molecule has 0 bridgehead atoms. The zero-order chi connectivity index (χ0) is 19.7. The minimum atomic E-state index is 1.29. The van der Waals surface area contributed by atoms with Gasteiger partial charge in [0.2, 0.25) is 0 Å². The molecule has 7 aromatic rings. The molecule has 0 heterocycles. The molecular formula is C30H18. The minimum Gasteiger partial charge on any atom is -0.0616 e. The van der Waals surface area contributed by atoms with Crippen molar-refractivity contribution in [3.05, 3.63) is 109 Å². The van der Waals surface area contributed by atoms with Crippen molar-refractivity contribution in [2.24, 2.45) is 0 Å². The van der Waals surface area contributed by atoms with Crippen molar-refractivity contribution in [2.75, 3.05) is 0 Å². The third-order valence-electron chi connectivity index (χ3n) is 6.59. The second-order valence-electron chi connectivity index (χ2n) is 8.16. The Morgan fingerprint density at radius 3 is 1.63 bits per heavy atom. The van der Waals surface area contributed by atoms with E-state index in [4.69, 9.17) is 0 Å². The topological polar surface area (TPSA) is 0 Å². The molecule has 0 atom stereocenters. The zero-order valence-corrected chi connectivity index (χ0v) is 16.4. The van der Waals surface area contributed by atoms with Crippen molar-refractivity contribution < 1.29 is 0 Å². The number of benzene rings is 7. The van der Waals surface area contributed by atoms with Crippen LogP contribution in [-0.4, -0.2) is 0 Å². The molecule has 0 nitrogen and oxygen atoms in total. The van der Waals surface area contributed by atoms with E-state index in [1.165, 1.54) is 64.6 Å². The lowest BCUT2D eigenvalue weighted by Gasteiger charge is -2.14. The van der Waals surface area contributed by atoms with E-state index in [-0.39, 0.29) is 0 Å². The van der Waals surface area contributed by atoms with Gasteiger partial charge in [-0.05, 0) is 76.8 Å². The zero-order valence-electron chi connectivity index (χ0n) is 16.4. The summed E-state index contributed by atoms with van der Waals surface area (Å²) in [6.45, 7) is 0. The summed E-state index contributed by atoms with van der Waals surface area (Å²) in [5.41, 5.74) is 0. The maximum absolute atomic E-state index is 2.41. The second kappa shape index (κ2) is 5.81. The molecule has 0 aliphatic rings. The Balaban J connectivity index is 1.81. The second-order valence-corrected chi connectivity index (χ2v) is 8.16. The predicted molar refractivity (Wildman–Crippen MR) is 131 cm³/mol. The van der Waals surface area contributed by atoms with Gasteiger partial charge in [0, 0.05) is 0 Å². The van der Waals surface area contributed by atoms with Gasteiger partial charge in [-0.3, -0.25) is 0 Å². The maximum atomic E-state index is 2.41. The monoisotopic (exact) mass is 378 g/mol. The Kier molecular flexibility index (Phi) is 3.09. The van der Waals surface area contributed by atoms with Crippen LogP contribution >= 0.6 is 0 Å². The van der Waals surface area contributed by atoms with Gasteiger partial charge in [0.1, 0.15) is 0 Å². The highest BCUT2D eigenvalue weighted by molar-refractivity contribution is 6.33. The third kappa shape index (κ3) is 2.06. The Hall–Kier alpha value is -3.90. The largest absolute Gasteiger partial charge is 0.0616 e. The van der Waals surface area contributed by atoms with Gasteiger partial charge in [-0.2, -0.15) is 0 Å². The van der Waals surface area contributed by atoms with Gasteiger partial charge in [0.05, 0.1) is 0 Å². The fourth-order valence-electron chi connectivity index (χ4n) is 5.22. The summed E-state index contributed by atoms with van der Waals surface area (Å²) in [4.78, 5) is 0. The quantitative estimate of drug-likeness (QED) is 0.183. The third-order valence-corrected chi connectivity index (χ3v) is 6.59. The standard InChI is InChI=1S/C30H18/c1-3-9-22-19(7-1)13-14-21-17-28-26-16-15-20-8-2-4-10-23(20)30(26)25-12-6-5-11-24(25)29(28)18-27(21)22/h1-18H. The van der Waals surface area contributed by atoms with E-state index in [0.717, 1.165) is 0 Å². The molecular weight excluding hydrogens is 360 g/mol. The molecule has 0 aromatic heterocycles. The summed E-state index contributed by atoms with van der Waals surface area (Å²) >= 11 is 0. The molecule has 7 rings (SSSR count). The molecule has 0 unspecified atom stereocenters. The summed E-state index contributed by atoms with van der Waals surface area (Å²) in [6, 6.07) is 40.1. The van der Waals surface area contributed by atoms with E-state index < -0.39 is 0 Å². The van der Waals surface area contributed by atoms with Crippen molar-refractivity contribution in [3.8, 4) is 0 Å². The van der Waals surface area contributed by atoms with Gasteiger partial charge in [0.15, 0.2) is 0 Å². The average Bonchev–Trinajstić information content (AvgIpc) is 2.82. The minimum absolute atomic E-state index is 1.29. The molecule has 0 saturated carbocycles.